The Labute approximate surface area is 209 Å². The SMILES string of the molecule is CCCCCCCCCCc1ccc2cc(S(=O)(=O)O)cc(CCCCCCCCCC)c2c1. The van der Waals surface area contributed by atoms with Crippen LogP contribution in [0, 0.1) is 0 Å². The van der Waals surface area contributed by atoms with Crippen molar-refractivity contribution < 1.29 is 13.0 Å². The van der Waals surface area contributed by atoms with Gasteiger partial charge in [0.1, 0.15) is 0 Å². The zero-order valence-corrected chi connectivity index (χ0v) is 22.6. The highest BCUT2D eigenvalue weighted by Crippen LogP contribution is 2.27. The molecular formula is C30H48O3S. The summed E-state index contributed by atoms with van der Waals surface area (Å²) >= 11 is 0. The van der Waals surface area contributed by atoms with Crippen LogP contribution in [0.3, 0.4) is 0 Å². The predicted molar refractivity (Wildman–Crippen MR) is 146 cm³/mol. The fourth-order valence-corrected chi connectivity index (χ4v) is 5.44. The second-order valence-electron chi connectivity index (χ2n) is 10.1. The van der Waals surface area contributed by atoms with E-state index < -0.39 is 10.1 Å². The van der Waals surface area contributed by atoms with E-state index in [1.165, 1.54) is 102 Å². The molecule has 1 N–H and O–H groups in total. The van der Waals surface area contributed by atoms with Gasteiger partial charge < -0.3 is 0 Å². The fourth-order valence-electron chi connectivity index (χ4n) is 4.88. The van der Waals surface area contributed by atoms with Crippen molar-refractivity contribution >= 4 is 20.9 Å². The van der Waals surface area contributed by atoms with Crippen molar-refractivity contribution in [3.8, 4) is 0 Å². The van der Waals surface area contributed by atoms with Gasteiger partial charge in [-0.15, -0.1) is 0 Å². The van der Waals surface area contributed by atoms with Crippen LogP contribution < -0.4 is 0 Å². The largest absolute Gasteiger partial charge is 0.294 e. The summed E-state index contributed by atoms with van der Waals surface area (Å²) < 4.78 is 33.3. The predicted octanol–water partition coefficient (Wildman–Crippen LogP) is 9.45. The summed E-state index contributed by atoms with van der Waals surface area (Å²) in [4.78, 5) is 0.0189. The third-order valence-electron chi connectivity index (χ3n) is 6.99. The molecule has 0 aliphatic carbocycles. The lowest BCUT2D eigenvalue weighted by Crippen LogP contribution is -2.01. The van der Waals surface area contributed by atoms with Gasteiger partial charge in [0, 0.05) is 0 Å². The van der Waals surface area contributed by atoms with Crippen LogP contribution in [0.25, 0.3) is 10.8 Å². The zero-order chi connectivity index (χ0) is 24.7. The van der Waals surface area contributed by atoms with Gasteiger partial charge in [-0.3, -0.25) is 4.55 Å². The van der Waals surface area contributed by atoms with E-state index in [1.54, 1.807) is 12.1 Å². The summed E-state index contributed by atoms with van der Waals surface area (Å²) in [6, 6.07) is 9.71. The minimum atomic E-state index is -4.20. The first-order chi connectivity index (χ1) is 16.5. The zero-order valence-electron chi connectivity index (χ0n) is 21.8. The summed E-state index contributed by atoms with van der Waals surface area (Å²) in [5.41, 5.74) is 2.38. The molecule has 0 aromatic heterocycles. The Morgan fingerprint density at radius 3 is 1.65 bits per heavy atom. The van der Waals surface area contributed by atoms with Crippen molar-refractivity contribution in [2.24, 2.45) is 0 Å². The first-order valence-corrected chi connectivity index (χ1v) is 15.4. The molecular weight excluding hydrogens is 440 g/mol. The van der Waals surface area contributed by atoms with Gasteiger partial charge in [-0.1, -0.05) is 122 Å². The summed E-state index contributed by atoms with van der Waals surface area (Å²) in [6.07, 6.45) is 22.5. The van der Waals surface area contributed by atoms with Crippen molar-refractivity contribution in [3.63, 3.8) is 0 Å². The first-order valence-electron chi connectivity index (χ1n) is 14.0. The number of rotatable bonds is 19. The third-order valence-corrected chi connectivity index (χ3v) is 7.83. The molecule has 2 aromatic rings. The second kappa shape index (κ2) is 16.3. The van der Waals surface area contributed by atoms with Gasteiger partial charge in [0.2, 0.25) is 0 Å². The maximum atomic E-state index is 11.8. The van der Waals surface area contributed by atoms with Crippen molar-refractivity contribution in [1.82, 2.24) is 0 Å². The normalized spacial score (nSPS) is 12.0. The van der Waals surface area contributed by atoms with E-state index in [-0.39, 0.29) is 4.90 Å². The van der Waals surface area contributed by atoms with Gasteiger partial charge in [0.05, 0.1) is 4.90 Å². The fraction of sp³-hybridized carbons (Fsp3) is 0.667. The third kappa shape index (κ3) is 10.9. The van der Waals surface area contributed by atoms with Crippen LogP contribution in [0.4, 0.5) is 0 Å². The Morgan fingerprint density at radius 1 is 0.618 bits per heavy atom. The van der Waals surface area contributed by atoms with Crippen LogP contribution in [0.5, 0.6) is 0 Å². The van der Waals surface area contributed by atoms with E-state index in [0.29, 0.717) is 0 Å². The standard InChI is InChI=1S/C30H48O3S/c1-3-5-7-9-11-13-15-17-19-26-21-22-28-25-29(34(31,32)33)24-27(30(28)23-26)20-18-16-14-12-10-8-6-4-2/h21-25H,3-20H2,1-2H3,(H,31,32,33). The van der Waals surface area contributed by atoms with E-state index in [1.807, 2.05) is 6.07 Å². The number of hydrogen-bond donors (Lipinski definition) is 1. The number of benzene rings is 2. The van der Waals surface area contributed by atoms with Crippen LogP contribution in [-0.2, 0) is 23.0 Å². The van der Waals surface area contributed by atoms with Gasteiger partial charge in [-0.05, 0) is 59.7 Å². The molecule has 0 saturated heterocycles. The van der Waals surface area contributed by atoms with E-state index in [4.69, 9.17) is 0 Å². The summed E-state index contributed by atoms with van der Waals surface area (Å²) in [5, 5.41) is 2.05. The molecule has 3 nitrogen and oxygen atoms in total. The highest BCUT2D eigenvalue weighted by atomic mass is 32.2. The molecule has 2 rings (SSSR count). The average molecular weight is 489 g/mol. The molecule has 0 fully saturated rings. The number of aryl methyl sites for hydroxylation is 2. The minimum absolute atomic E-state index is 0.0189. The Balaban J connectivity index is 1.96. The molecule has 0 saturated carbocycles. The van der Waals surface area contributed by atoms with Crippen molar-refractivity contribution in [2.75, 3.05) is 0 Å². The highest BCUT2D eigenvalue weighted by Gasteiger charge is 2.14. The highest BCUT2D eigenvalue weighted by molar-refractivity contribution is 7.85. The molecule has 192 valence electrons. The number of unbranched alkanes of at least 4 members (excludes halogenated alkanes) is 14. The van der Waals surface area contributed by atoms with E-state index in [9.17, 15) is 13.0 Å². The van der Waals surface area contributed by atoms with Gasteiger partial charge in [0.15, 0.2) is 0 Å². The molecule has 0 heterocycles. The molecule has 0 amide bonds. The topological polar surface area (TPSA) is 54.4 Å². The lowest BCUT2D eigenvalue weighted by molar-refractivity contribution is 0.483. The molecule has 0 radical (unpaired) electrons. The molecule has 0 spiro atoms. The molecule has 34 heavy (non-hydrogen) atoms. The van der Waals surface area contributed by atoms with Crippen LogP contribution in [0.1, 0.15) is 128 Å². The number of hydrogen-bond acceptors (Lipinski definition) is 2. The average Bonchev–Trinajstić information content (AvgIpc) is 2.81. The quantitative estimate of drug-likeness (QED) is 0.158. The van der Waals surface area contributed by atoms with Crippen LogP contribution in [0.2, 0.25) is 0 Å². The van der Waals surface area contributed by atoms with Crippen molar-refractivity contribution in [3.05, 3.63) is 41.5 Å². The van der Waals surface area contributed by atoms with Gasteiger partial charge in [-0.2, -0.15) is 8.42 Å². The smallest absolute Gasteiger partial charge is 0.282 e. The number of fused-ring (bicyclic) bond motifs is 1. The molecule has 0 aliphatic rings. The molecule has 0 aliphatic heterocycles. The Hall–Kier alpha value is -1.39. The van der Waals surface area contributed by atoms with Gasteiger partial charge in [0.25, 0.3) is 10.1 Å². The monoisotopic (exact) mass is 488 g/mol. The summed E-state index contributed by atoms with van der Waals surface area (Å²) in [6.45, 7) is 4.50. The second-order valence-corrected chi connectivity index (χ2v) is 11.5. The van der Waals surface area contributed by atoms with Crippen LogP contribution in [-0.4, -0.2) is 13.0 Å². The lowest BCUT2D eigenvalue weighted by Gasteiger charge is -2.12. The van der Waals surface area contributed by atoms with E-state index >= 15 is 0 Å². The van der Waals surface area contributed by atoms with Crippen molar-refractivity contribution in [2.45, 2.75) is 134 Å². The molecule has 2 aromatic carbocycles. The maximum Gasteiger partial charge on any atom is 0.294 e. The molecule has 4 heteroatoms. The molecule has 0 unspecified atom stereocenters. The van der Waals surface area contributed by atoms with E-state index in [2.05, 4.69) is 26.0 Å². The summed E-state index contributed by atoms with van der Waals surface area (Å²) in [7, 11) is -4.20. The van der Waals surface area contributed by atoms with Gasteiger partial charge in [-0.25, -0.2) is 0 Å². The van der Waals surface area contributed by atoms with Crippen LogP contribution >= 0.6 is 0 Å². The van der Waals surface area contributed by atoms with Crippen LogP contribution in [0.15, 0.2) is 35.2 Å². The maximum absolute atomic E-state index is 11.8. The Bertz CT molecular complexity index is 933. The van der Waals surface area contributed by atoms with E-state index in [0.717, 1.165) is 35.6 Å². The minimum Gasteiger partial charge on any atom is -0.282 e. The Kier molecular flexibility index (Phi) is 13.8. The first kappa shape index (κ1) is 28.8. The van der Waals surface area contributed by atoms with Gasteiger partial charge >= 0.3 is 0 Å². The Morgan fingerprint density at radius 2 is 1.12 bits per heavy atom. The lowest BCUT2D eigenvalue weighted by atomic mass is 9.96. The molecule has 0 atom stereocenters. The summed E-state index contributed by atoms with van der Waals surface area (Å²) in [5.74, 6) is 0. The molecule has 0 bridgehead atoms. The van der Waals surface area contributed by atoms with Crippen molar-refractivity contribution in [1.29, 1.82) is 0 Å².